The van der Waals surface area contributed by atoms with Crippen molar-refractivity contribution in [1.82, 2.24) is 4.98 Å². The standard InChI is InChI=1S/C30H45NO2/c1-2-3-4-5-6-7-8-9-10-11-12-13-14-15-16-17-18-19-20-21-22-23-24-30(33)29-26-25-28(27-32)31-29/h3-4,6-7,9-10,12-13,15-16,25-26,31-32H,2,5,8,11,14,17-24,27H2,1H3/b4-3-,7-6-,10-9-,13-12-,16-15-. The van der Waals surface area contributed by atoms with Gasteiger partial charge in [-0.25, -0.2) is 0 Å². The number of unbranched alkanes of at least 4 members (excludes halogenated alkanes) is 6. The molecule has 0 aromatic carbocycles. The molecule has 1 aromatic rings. The van der Waals surface area contributed by atoms with E-state index in [2.05, 4.69) is 72.7 Å². The van der Waals surface area contributed by atoms with Gasteiger partial charge in [-0.05, 0) is 63.5 Å². The van der Waals surface area contributed by atoms with Crippen LogP contribution in [0.25, 0.3) is 0 Å². The lowest BCUT2D eigenvalue weighted by Crippen LogP contribution is -1.99. The van der Waals surface area contributed by atoms with Crippen molar-refractivity contribution in [3.05, 3.63) is 84.3 Å². The van der Waals surface area contributed by atoms with Crippen molar-refractivity contribution >= 4 is 5.78 Å². The van der Waals surface area contributed by atoms with Crippen molar-refractivity contribution in [2.45, 2.75) is 97.0 Å². The van der Waals surface area contributed by atoms with Crippen LogP contribution in [0.2, 0.25) is 0 Å². The second kappa shape index (κ2) is 21.5. The van der Waals surface area contributed by atoms with Crippen molar-refractivity contribution in [2.75, 3.05) is 0 Å². The fourth-order valence-electron chi connectivity index (χ4n) is 3.45. The monoisotopic (exact) mass is 451 g/mol. The first-order chi connectivity index (χ1) is 16.3. The van der Waals surface area contributed by atoms with Crippen LogP contribution in [0.4, 0.5) is 0 Å². The highest BCUT2D eigenvalue weighted by Gasteiger charge is 2.07. The molecule has 1 heterocycles. The van der Waals surface area contributed by atoms with Crippen LogP contribution < -0.4 is 0 Å². The van der Waals surface area contributed by atoms with Gasteiger partial charge < -0.3 is 10.1 Å². The SMILES string of the molecule is CC/C=C\C/C=C\C/C=C\C/C=C\C/C=C\CCCCCCCCC(=O)c1ccc(CO)[nH]1. The van der Waals surface area contributed by atoms with Gasteiger partial charge in [0, 0.05) is 12.1 Å². The van der Waals surface area contributed by atoms with Crippen molar-refractivity contribution in [3.63, 3.8) is 0 Å². The molecule has 0 bridgehead atoms. The van der Waals surface area contributed by atoms with E-state index in [1.165, 1.54) is 25.7 Å². The summed E-state index contributed by atoms with van der Waals surface area (Å²) in [4.78, 5) is 15.0. The maximum Gasteiger partial charge on any atom is 0.179 e. The van der Waals surface area contributed by atoms with Gasteiger partial charge >= 0.3 is 0 Å². The van der Waals surface area contributed by atoms with E-state index in [4.69, 9.17) is 5.11 Å². The van der Waals surface area contributed by atoms with E-state index in [1.54, 1.807) is 12.1 Å². The molecule has 1 rings (SSSR count). The van der Waals surface area contributed by atoms with Crippen molar-refractivity contribution in [2.24, 2.45) is 0 Å². The predicted molar refractivity (Wildman–Crippen MR) is 142 cm³/mol. The summed E-state index contributed by atoms with van der Waals surface area (Å²) in [6, 6.07) is 3.53. The summed E-state index contributed by atoms with van der Waals surface area (Å²) in [5.41, 5.74) is 1.32. The molecule has 3 heteroatoms. The van der Waals surface area contributed by atoms with E-state index in [-0.39, 0.29) is 12.4 Å². The quantitative estimate of drug-likeness (QED) is 0.118. The summed E-state index contributed by atoms with van der Waals surface area (Å²) in [6.45, 7) is 2.11. The van der Waals surface area contributed by atoms with E-state index in [0.29, 0.717) is 17.8 Å². The number of aromatic amines is 1. The summed E-state index contributed by atoms with van der Waals surface area (Å²) in [6.07, 6.45) is 36.3. The molecule has 182 valence electrons. The minimum Gasteiger partial charge on any atom is -0.390 e. The molecule has 0 aliphatic carbocycles. The molecule has 0 fully saturated rings. The van der Waals surface area contributed by atoms with Crippen molar-refractivity contribution in [1.29, 1.82) is 0 Å². The highest BCUT2D eigenvalue weighted by molar-refractivity contribution is 5.94. The fraction of sp³-hybridized carbons (Fsp3) is 0.500. The lowest BCUT2D eigenvalue weighted by molar-refractivity contribution is 0.0974. The Labute approximate surface area is 202 Å². The smallest absolute Gasteiger partial charge is 0.179 e. The Bertz CT molecular complexity index is 749. The molecule has 0 saturated carbocycles. The lowest BCUT2D eigenvalue weighted by Gasteiger charge is -2.01. The summed E-state index contributed by atoms with van der Waals surface area (Å²) >= 11 is 0. The summed E-state index contributed by atoms with van der Waals surface area (Å²) in [5, 5.41) is 9.04. The average molecular weight is 452 g/mol. The van der Waals surface area contributed by atoms with E-state index in [0.717, 1.165) is 51.4 Å². The Morgan fingerprint density at radius 3 is 1.79 bits per heavy atom. The molecular formula is C30H45NO2. The number of aromatic nitrogens is 1. The molecule has 0 amide bonds. The number of carbonyl (C=O) groups excluding carboxylic acids is 1. The zero-order valence-electron chi connectivity index (χ0n) is 20.7. The maximum atomic E-state index is 12.1. The van der Waals surface area contributed by atoms with Gasteiger partial charge in [-0.1, -0.05) is 93.4 Å². The van der Waals surface area contributed by atoms with Gasteiger partial charge in [-0.15, -0.1) is 0 Å². The number of Topliss-reactive ketones (excluding diaryl/α,β-unsaturated/α-hetero) is 1. The molecule has 1 aromatic heterocycles. The number of carbonyl (C=O) groups is 1. The molecule has 0 aliphatic heterocycles. The van der Waals surface area contributed by atoms with Gasteiger partial charge in [0.2, 0.25) is 0 Å². The van der Waals surface area contributed by atoms with Gasteiger partial charge in [-0.3, -0.25) is 4.79 Å². The number of H-pyrrole nitrogens is 1. The van der Waals surface area contributed by atoms with Crippen LogP contribution in [0.1, 0.15) is 107 Å². The van der Waals surface area contributed by atoms with Crippen molar-refractivity contribution in [3.8, 4) is 0 Å². The van der Waals surface area contributed by atoms with E-state index >= 15 is 0 Å². The highest BCUT2D eigenvalue weighted by Crippen LogP contribution is 2.12. The minimum absolute atomic E-state index is 0.0487. The third-order valence-electron chi connectivity index (χ3n) is 5.40. The van der Waals surface area contributed by atoms with Crippen LogP contribution in [0.15, 0.2) is 72.9 Å². The number of allylic oxidation sites excluding steroid dienone is 10. The molecule has 0 saturated heterocycles. The number of nitrogens with one attached hydrogen (secondary N) is 1. The number of ketones is 1. The largest absolute Gasteiger partial charge is 0.390 e. The van der Waals surface area contributed by atoms with E-state index in [9.17, 15) is 4.79 Å². The zero-order chi connectivity index (χ0) is 23.8. The molecule has 0 spiro atoms. The molecule has 0 unspecified atom stereocenters. The first-order valence-electron chi connectivity index (χ1n) is 12.8. The van der Waals surface area contributed by atoms with Gasteiger partial charge in [0.1, 0.15) is 0 Å². The van der Waals surface area contributed by atoms with Gasteiger partial charge in [0.25, 0.3) is 0 Å². The molecule has 3 nitrogen and oxygen atoms in total. The number of hydrogen-bond acceptors (Lipinski definition) is 2. The van der Waals surface area contributed by atoms with E-state index < -0.39 is 0 Å². The van der Waals surface area contributed by atoms with Crippen LogP contribution in [-0.4, -0.2) is 15.9 Å². The first-order valence-corrected chi connectivity index (χ1v) is 12.8. The molecule has 0 atom stereocenters. The Kier molecular flexibility index (Phi) is 18.6. The first kappa shape index (κ1) is 28.6. The van der Waals surface area contributed by atoms with Crippen LogP contribution in [0, 0.1) is 0 Å². The third kappa shape index (κ3) is 16.8. The van der Waals surface area contributed by atoms with E-state index in [1.807, 2.05) is 0 Å². The molecule has 33 heavy (non-hydrogen) atoms. The minimum atomic E-state index is -0.0487. The fourth-order valence-corrected chi connectivity index (χ4v) is 3.45. The number of rotatable bonds is 20. The molecule has 0 aliphatic rings. The van der Waals surface area contributed by atoms with Crippen LogP contribution in [0.3, 0.4) is 0 Å². The van der Waals surface area contributed by atoms with Crippen molar-refractivity contribution < 1.29 is 9.90 Å². The number of aliphatic hydroxyl groups is 1. The Hall–Kier alpha value is -2.39. The van der Waals surface area contributed by atoms with Crippen LogP contribution in [0.5, 0.6) is 0 Å². The number of hydrogen-bond donors (Lipinski definition) is 2. The summed E-state index contributed by atoms with van der Waals surface area (Å²) < 4.78 is 0. The zero-order valence-corrected chi connectivity index (χ0v) is 20.7. The number of aliphatic hydroxyl groups excluding tert-OH is 1. The summed E-state index contributed by atoms with van der Waals surface area (Å²) in [7, 11) is 0. The normalized spacial score (nSPS) is 12.5. The average Bonchev–Trinajstić information content (AvgIpc) is 3.32. The third-order valence-corrected chi connectivity index (χ3v) is 5.40. The maximum absolute atomic E-state index is 12.1. The lowest BCUT2D eigenvalue weighted by atomic mass is 10.1. The molecular weight excluding hydrogens is 406 g/mol. The van der Waals surface area contributed by atoms with Gasteiger partial charge in [0.05, 0.1) is 12.3 Å². The second-order valence-corrected chi connectivity index (χ2v) is 8.35. The Balaban J connectivity index is 1.88. The Morgan fingerprint density at radius 2 is 1.24 bits per heavy atom. The van der Waals surface area contributed by atoms with Gasteiger partial charge in [0.15, 0.2) is 5.78 Å². The highest BCUT2D eigenvalue weighted by atomic mass is 16.3. The Morgan fingerprint density at radius 1 is 0.727 bits per heavy atom. The predicted octanol–water partition coefficient (Wildman–Crippen LogP) is 8.56. The second-order valence-electron chi connectivity index (χ2n) is 8.35. The summed E-state index contributed by atoms with van der Waals surface area (Å²) in [5.74, 6) is 0.146. The topological polar surface area (TPSA) is 53.1 Å². The van der Waals surface area contributed by atoms with Crippen LogP contribution in [-0.2, 0) is 6.61 Å². The van der Waals surface area contributed by atoms with Crippen LogP contribution >= 0.6 is 0 Å². The molecule has 2 N–H and O–H groups in total. The molecule has 0 radical (unpaired) electrons. The van der Waals surface area contributed by atoms with Gasteiger partial charge in [-0.2, -0.15) is 0 Å².